The maximum absolute atomic E-state index is 13.0. The van der Waals surface area contributed by atoms with Crippen LogP contribution in [0.4, 0.5) is 0 Å². The van der Waals surface area contributed by atoms with Crippen molar-refractivity contribution in [2.75, 3.05) is 14.2 Å². The predicted molar refractivity (Wildman–Crippen MR) is 193 cm³/mol. The van der Waals surface area contributed by atoms with Gasteiger partial charge in [-0.2, -0.15) is 0 Å². The summed E-state index contributed by atoms with van der Waals surface area (Å²) in [6, 6.07) is 23.5. The Bertz CT molecular complexity index is 2120. The fourth-order valence-corrected chi connectivity index (χ4v) is 6.13. The summed E-state index contributed by atoms with van der Waals surface area (Å²) in [6.07, 6.45) is -0.563. The van der Waals surface area contributed by atoms with Gasteiger partial charge in [-0.25, -0.2) is 0 Å². The molecule has 0 fully saturated rings. The van der Waals surface area contributed by atoms with E-state index in [2.05, 4.69) is 0 Å². The smallest absolute Gasteiger partial charge is 0.550 e. The van der Waals surface area contributed by atoms with E-state index in [4.69, 9.17) is 32.7 Å². The van der Waals surface area contributed by atoms with E-state index in [0.717, 1.165) is 0 Å². The molecule has 15 heteroatoms. The first kappa shape index (κ1) is 44.0. The summed E-state index contributed by atoms with van der Waals surface area (Å²) in [5.41, 5.74) is 4.36. The number of nitrogens with zero attached hydrogens (tertiary/aromatic N) is 2. The zero-order valence-electron chi connectivity index (χ0n) is 28.7. The van der Waals surface area contributed by atoms with Crippen LogP contribution in [0.25, 0.3) is 21.8 Å². The number of fused-ring (bicyclic) bond motifs is 2. The number of carboxylic acids is 2. The molecule has 0 aliphatic rings. The van der Waals surface area contributed by atoms with Crippen molar-refractivity contribution in [3.8, 4) is 11.5 Å². The number of carboxylic acid groups (broad SMARTS) is 2. The summed E-state index contributed by atoms with van der Waals surface area (Å²) in [6.45, 7) is 3.44. The van der Waals surface area contributed by atoms with E-state index in [-0.39, 0.29) is 52.4 Å². The number of hydrogen-bond donors (Lipinski definition) is 0. The Morgan fingerprint density at radius 1 is 0.585 bits per heavy atom. The minimum Gasteiger partial charge on any atom is -0.550 e. The van der Waals surface area contributed by atoms with Crippen LogP contribution < -0.4 is 19.7 Å². The van der Waals surface area contributed by atoms with Gasteiger partial charge in [-0.1, -0.05) is 23.2 Å². The monoisotopic (exact) mass is 807 g/mol. The van der Waals surface area contributed by atoms with Crippen molar-refractivity contribution >= 4 is 68.8 Å². The van der Waals surface area contributed by atoms with Crippen LogP contribution in [0.2, 0.25) is 10.0 Å². The van der Waals surface area contributed by atoms with E-state index in [9.17, 15) is 29.4 Å². The van der Waals surface area contributed by atoms with Gasteiger partial charge in [0.25, 0.3) is 11.8 Å². The number of aliphatic carboxylic acids is 2. The Labute approximate surface area is 324 Å². The van der Waals surface area contributed by atoms with Crippen LogP contribution in [0.5, 0.6) is 11.5 Å². The fourth-order valence-electron chi connectivity index (χ4n) is 5.88. The third-order valence-electron chi connectivity index (χ3n) is 8.31. The molecular formula is C38H34Cl2CoN2O10. The Morgan fingerprint density at radius 2 is 0.906 bits per heavy atom. The summed E-state index contributed by atoms with van der Waals surface area (Å²) in [5, 5.41) is 24.7. The number of ether oxygens (including phenoxy) is 2. The summed E-state index contributed by atoms with van der Waals surface area (Å²) in [4.78, 5) is 48.3. The number of rotatable bonds is 8. The van der Waals surface area contributed by atoms with E-state index in [1.54, 1.807) is 98.8 Å². The second kappa shape index (κ2) is 18.6. The van der Waals surface area contributed by atoms with Gasteiger partial charge in [0, 0.05) is 68.1 Å². The molecule has 279 valence electrons. The van der Waals surface area contributed by atoms with Crippen molar-refractivity contribution in [1.29, 1.82) is 0 Å². The fraction of sp³-hybridized carbons (Fsp3) is 0.158. The molecule has 2 heterocycles. The molecular weight excluding hydrogens is 774 g/mol. The topological polar surface area (TPSA) is 206 Å². The molecule has 0 unspecified atom stereocenters. The molecule has 1 radical (unpaired) electrons. The Kier molecular flexibility index (Phi) is 15.4. The molecule has 6 aromatic rings. The molecule has 0 aliphatic heterocycles. The quantitative estimate of drug-likeness (QED) is 0.222. The van der Waals surface area contributed by atoms with Crippen LogP contribution in [0, 0.1) is 13.8 Å². The maximum Gasteiger partial charge on any atom is 2.00 e. The van der Waals surface area contributed by atoms with E-state index in [1.165, 1.54) is 23.4 Å². The summed E-state index contributed by atoms with van der Waals surface area (Å²) in [7, 11) is 3.06. The largest absolute Gasteiger partial charge is 2.00 e. The maximum atomic E-state index is 13.0. The molecule has 0 amide bonds. The van der Waals surface area contributed by atoms with Gasteiger partial charge in [0.15, 0.2) is 0 Å². The van der Waals surface area contributed by atoms with Gasteiger partial charge in [0.1, 0.15) is 11.5 Å². The van der Waals surface area contributed by atoms with Gasteiger partial charge in [0.05, 0.1) is 25.3 Å². The third-order valence-corrected chi connectivity index (χ3v) is 8.82. The molecule has 0 saturated heterocycles. The van der Waals surface area contributed by atoms with Crippen molar-refractivity contribution in [3.05, 3.63) is 129 Å². The summed E-state index contributed by atoms with van der Waals surface area (Å²) in [5.74, 6) is -1.75. The van der Waals surface area contributed by atoms with Crippen LogP contribution in [0.1, 0.15) is 43.2 Å². The van der Waals surface area contributed by atoms with Crippen LogP contribution in [0.15, 0.2) is 84.9 Å². The van der Waals surface area contributed by atoms with Crippen molar-refractivity contribution in [2.24, 2.45) is 0 Å². The molecule has 0 aliphatic carbocycles. The second-order valence-electron chi connectivity index (χ2n) is 11.3. The van der Waals surface area contributed by atoms with Gasteiger partial charge in [-0.3, -0.25) is 18.7 Å². The average Bonchev–Trinajstić information content (AvgIpc) is 3.52. The standard InChI is InChI=1S/2C19H16ClNO4.Co.2H2O/c2*1-11-15(10-18(22)23)16-9-14(25-2)7-8-17(16)21(11)19(24)12-3-5-13(20)6-4-12;;;/h2*3-9H,10H2,1-2H3,(H,22,23);;2*1H2/q;;+2;;/p-2. The van der Waals surface area contributed by atoms with E-state index < -0.39 is 11.9 Å². The number of carbonyl (C=O) groups is 4. The molecule has 0 saturated carbocycles. The van der Waals surface area contributed by atoms with Crippen molar-refractivity contribution in [2.45, 2.75) is 26.7 Å². The SMILES string of the molecule is COc1ccc2c(c1)c(CC(=O)[O-])c(C)n2C(=O)c1ccc(Cl)cc1.COc1ccc2c(c1)c(CC(=O)[O-])c(C)n2C(=O)c1ccc(Cl)cc1.O.O.[Co+2]. The molecule has 12 nitrogen and oxygen atoms in total. The van der Waals surface area contributed by atoms with Crippen LogP contribution in [-0.4, -0.2) is 58.1 Å². The molecule has 53 heavy (non-hydrogen) atoms. The molecule has 4 aromatic carbocycles. The van der Waals surface area contributed by atoms with Gasteiger partial charge >= 0.3 is 16.8 Å². The summed E-state index contributed by atoms with van der Waals surface area (Å²) >= 11 is 11.8. The van der Waals surface area contributed by atoms with Gasteiger partial charge in [-0.05, 0) is 110 Å². The Balaban J connectivity index is 0.000000347. The number of hydrogen-bond acceptors (Lipinski definition) is 8. The number of aromatic nitrogens is 2. The zero-order chi connectivity index (χ0) is 36.3. The molecule has 0 atom stereocenters. The van der Waals surface area contributed by atoms with E-state index >= 15 is 0 Å². The first-order valence-corrected chi connectivity index (χ1v) is 16.0. The van der Waals surface area contributed by atoms with Crippen molar-refractivity contribution in [3.63, 3.8) is 0 Å². The van der Waals surface area contributed by atoms with E-state index in [0.29, 0.717) is 77.0 Å². The number of halogens is 2. The molecule has 0 spiro atoms. The minimum absolute atomic E-state index is 0. The Morgan fingerprint density at radius 3 is 1.19 bits per heavy atom. The predicted octanol–water partition coefficient (Wildman–Crippen LogP) is 3.53. The molecule has 6 rings (SSSR count). The first-order valence-electron chi connectivity index (χ1n) is 15.2. The molecule has 4 N–H and O–H groups in total. The zero-order valence-corrected chi connectivity index (χ0v) is 31.3. The average molecular weight is 809 g/mol. The normalized spacial score (nSPS) is 10.2. The first-order chi connectivity index (χ1) is 23.8. The van der Waals surface area contributed by atoms with Gasteiger partial charge in [-0.15, -0.1) is 0 Å². The molecule has 0 bridgehead atoms. The summed E-state index contributed by atoms with van der Waals surface area (Å²) < 4.78 is 13.5. The van der Waals surface area contributed by atoms with Gasteiger partial charge < -0.3 is 40.2 Å². The van der Waals surface area contributed by atoms with Crippen LogP contribution in [0.3, 0.4) is 0 Å². The Hall–Kier alpha value is -5.15. The van der Waals surface area contributed by atoms with Crippen LogP contribution in [-0.2, 0) is 39.2 Å². The number of methoxy groups -OCH3 is 2. The van der Waals surface area contributed by atoms with Crippen LogP contribution >= 0.6 is 23.2 Å². The number of carbonyl (C=O) groups excluding carboxylic acids is 4. The second-order valence-corrected chi connectivity index (χ2v) is 12.2. The van der Waals surface area contributed by atoms with Gasteiger partial charge in [0.2, 0.25) is 0 Å². The van der Waals surface area contributed by atoms with Crippen molar-refractivity contribution in [1.82, 2.24) is 9.13 Å². The van der Waals surface area contributed by atoms with Crippen molar-refractivity contribution < 1.29 is 66.6 Å². The van der Waals surface area contributed by atoms with E-state index in [1.807, 2.05) is 0 Å². The minimum atomic E-state index is -1.20. The third kappa shape index (κ3) is 9.26. The number of benzene rings is 4. The molecule has 2 aromatic heterocycles.